The van der Waals surface area contributed by atoms with Gasteiger partial charge in [-0.2, -0.15) is 0 Å². The van der Waals surface area contributed by atoms with Gasteiger partial charge in [0.25, 0.3) is 0 Å². The third-order valence-electron chi connectivity index (χ3n) is 6.84. The minimum atomic E-state index is -0.253. The molecule has 0 aromatic heterocycles. The van der Waals surface area contributed by atoms with Gasteiger partial charge < -0.3 is 20.9 Å². The fraction of sp³-hybridized carbons (Fsp3) is 0.667. The number of rotatable bonds is 6. The SMILES string of the molecule is C1CCCCC1.CNC(C)C(=O)NCC(=O)N1CCCC1.O=CNC1CCCc2ccccc21. The average Bonchev–Trinajstić information content (AvgIpc) is 3.44. The molecular weight excluding hydrogens is 428 g/mol. The van der Waals surface area contributed by atoms with Gasteiger partial charge in [0.05, 0.1) is 18.6 Å². The molecule has 1 aromatic rings. The highest BCUT2D eigenvalue weighted by Gasteiger charge is 2.19. The summed E-state index contributed by atoms with van der Waals surface area (Å²) in [6, 6.07) is 8.33. The Hall–Kier alpha value is -2.41. The van der Waals surface area contributed by atoms with Gasteiger partial charge in [-0.25, -0.2) is 0 Å². The fourth-order valence-electron chi connectivity index (χ4n) is 4.60. The number of hydrogen-bond acceptors (Lipinski definition) is 4. The molecule has 4 rings (SSSR count). The van der Waals surface area contributed by atoms with Crippen LogP contribution in [0.4, 0.5) is 0 Å². The van der Waals surface area contributed by atoms with E-state index in [-0.39, 0.29) is 30.4 Å². The Labute approximate surface area is 205 Å². The predicted molar refractivity (Wildman–Crippen MR) is 136 cm³/mol. The normalized spacial score (nSPS) is 19.8. The number of aryl methyl sites for hydroxylation is 1. The molecule has 2 atom stereocenters. The molecule has 0 bridgehead atoms. The van der Waals surface area contributed by atoms with E-state index in [1.807, 2.05) is 6.07 Å². The lowest BCUT2D eigenvalue weighted by atomic mass is 9.88. The first-order valence-corrected chi connectivity index (χ1v) is 13.1. The van der Waals surface area contributed by atoms with Gasteiger partial charge in [0.2, 0.25) is 18.2 Å². The van der Waals surface area contributed by atoms with Crippen molar-refractivity contribution >= 4 is 18.2 Å². The minimum Gasteiger partial charge on any atom is -0.352 e. The molecule has 34 heavy (non-hydrogen) atoms. The molecule has 3 N–H and O–H groups in total. The van der Waals surface area contributed by atoms with Gasteiger partial charge in [-0.1, -0.05) is 62.8 Å². The van der Waals surface area contributed by atoms with Crippen LogP contribution in [0.5, 0.6) is 0 Å². The average molecular weight is 473 g/mol. The molecule has 0 spiro atoms. The number of carbonyl (C=O) groups is 3. The molecule has 2 fully saturated rings. The Bertz CT molecular complexity index is 734. The molecule has 0 radical (unpaired) electrons. The zero-order valence-corrected chi connectivity index (χ0v) is 21.1. The van der Waals surface area contributed by atoms with Gasteiger partial charge in [-0.15, -0.1) is 0 Å². The third kappa shape index (κ3) is 9.84. The second-order valence-corrected chi connectivity index (χ2v) is 9.37. The Morgan fingerprint density at radius 3 is 2.21 bits per heavy atom. The first kappa shape index (κ1) is 27.8. The van der Waals surface area contributed by atoms with Crippen LogP contribution in [0.25, 0.3) is 0 Å². The molecule has 2 aliphatic carbocycles. The largest absolute Gasteiger partial charge is 0.352 e. The lowest BCUT2D eigenvalue weighted by Crippen LogP contribution is -2.45. The van der Waals surface area contributed by atoms with Crippen LogP contribution in [-0.2, 0) is 20.8 Å². The molecule has 2 unspecified atom stereocenters. The number of hydrogen-bond donors (Lipinski definition) is 3. The molecule has 1 aromatic carbocycles. The summed E-state index contributed by atoms with van der Waals surface area (Å²) >= 11 is 0. The monoisotopic (exact) mass is 472 g/mol. The Kier molecular flexibility index (Phi) is 13.3. The van der Waals surface area contributed by atoms with Crippen molar-refractivity contribution < 1.29 is 14.4 Å². The Balaban J connectivity index is 0.000000195. The standard InChI is InChI=1S/C11H13NO.C10H19N3O2.C6H12/c13-8-12-11-7-3-5-9-4-1-2-6-10(9)11;1-8(11-2)10(15)12-7-9(14)13-5-3-4-6-13;1-2-4-6-5-3-1/h1-2,4,6,8,11H,3,5,7H2,(H,12,13);8,11H,3-7H2,1-2H3,(H,12,15);1-6H2. The summed E-state index contributed by atoms with van der Waals surface area (Å²) in [6.45, 7) is 3.53. The van der Waals surface area contributed by atoms with Gasteiger partial charge in [-0.3, -0.25) is 14.4 Å². The molecule has 7 nitrogen and oxygen atoms in total. The van der Waals surface area contributed by atoms with Gasteiger partial charge >= 0.3 is 0 Å². The highest BCUT2D eigenvalue weighted by Crippen LogP contribution is 2.28. The van der Waals surface area contributed by atoms with Crippen LogP contribution in [0.1, 0.15) is 88.3 Å². The second kappa shape index (κ2) is 16.3. The topological polar surface area (TPSA) is 90.5 Å². The maximum atomic E-state index is 11.6. The summed E-state index contributed by atoms with van der Waals surface area (Å²) in [5.74, 6) is -0.116. The van der Waals surface area contributed by atoms with Gasteiger partial charge in [0.15, 0.2) is 0 Å². The number of nitrogens with zero attached hydrogens (tertiary/aromatic N) is 1. The quantitative estimate of drug-likeness (QED) is 0.553. The Morgan fingerprint density at radius 2 is 1.62 bits per heavy atom. The summed E-state index contributed by atoms with van der Waals surface area (Å²) in [5, 5.41) is 8.30. The molecule has 7 heteroatoms. The molecule has 3 aliphatic rings. The minimum absolute atomic E-state index is 0.0177. The van der Waals surface area contributed by atoms with Crippen molar-refractivity contribution in [3.63, 3.8) is 0 Å². The van der Waals surface area contributed by atoms with Gasteiger partial charge in [0, 0.05) is 13.1 Å². The predicted octanol–water partition coefficient (Wildman–Crippen LogP) is 3.48. The van der Waals surface area contributed by atoms with E-state index in [2.05, 4.69) is 34.1 Å². The maximum Gasteiger partial charge on any atom is 0.241 e. The fourth-order valence-corrected chi connectivity index (χ4v) is 4.60. The van der Waals surface area contributed by atoms with Crippen LogP contribution < -0.4 is 16.0 Å². The smallest absolute Gasteiger partial charge is 0.241 e. The van der Waals surface area contributed by atoms with E-state index in [0.717, 1.165) is 45.2 Å². The van der Waals surface area contributed by atoms with E-state index in [0.29, 0.717) is 0 Å². The summed E-state index contributed by atoms with van der Waals surface area (Å²) < 4.78 is 0. The van der Waals surface area contributed by atoms with E-state index in [1.165, 1.54) is 56.1 Å². The van der Waals surface area contributed by atoms with Crippen LogP contribution in [0, 0.1) is 0 Å². The van der Waals surface area contributed by atoms with E-state index in [1.54, 1.807) is 18.9 Å². The van der Waals surface area contributed by atoms with Gasteiger partial charge in [-0.05, 0) is 57.2 Å². The van der Waals surface area contributed by atoms with E-state index < -0.39 is 0 Å². The highest BCUT2D eigenvalue weighted by molar-refractivity contribution is 5.87. The lowest BCUT2D eigenvalue weighted by molar-refractivity contribution is -0.132. The Morgan fingerprint density at radius 1 is 1.00 bits per heavy atom. The van der Waals surface area contributed by atoms with Crippen molar-refractivity contribution in [3.05, 3.63) is 35.4 Å². The summed E-state index contributed by atoms with van der Waals surface area (Å²) in [7, 11) is 1.71. The molecule has 1 saturated heterocycles. The highest BCUT2D eigenvalue weighted by atomic mass is 16.2. The van der Waals surface area contributed by atoms with Crippen LogP contribution in [0.3, 0.4) is 0 Å². The number of nitrogens with one attached hydrogen (secondary N) is 3. The molecule has 1 saturated carbocycles. The van der Waals surface area contributed by atoms with Crippen molar-refractivity contribution in [2.45, 2.75) is 89.6 Å². The van der Waals surface area contributed by atoms with Crippen molar-refractivity contribution in [1.29, 1.82) is 0 Å². The molecular formula is C27H44N4O3. The number of likely N-dealkylation sites (N-methyl/N-ethyl adjacent to an activating group) is 1. The summed E-state index contributed by atoms with van der Waals surface area (Å²) in [5.41, 5.74) is 2.67. The first-order chi connectivity index (χ1) is 16.6. The zero-order valence-electron chi connectivity index (χ0n) is 21.1. The van der Waals surface area contributed by atoms with Crippen LogP contribution >= 0.6 is 0 Å². The molecule has 3 amide bonds. The van der Waals surface area contributed by atoms with Gasteiger partial charge in [0.1, 0.15) is 0 Å². The maximum absolute atomic E-state index is 11.6. The number of likely N-dealkylation sites (tertiary alicyclic amines) is 1. The van der Waals surface area contributed by atoms with Crippen molar-refractivity contribution in [2.24, 2.45) is 0 Å². The van der Waals surface area contributed by atoms with Crippen molar-refractivity contribution in [1.82, 2.24) is 20.9 Å². The number of fused-ring (bicyclic) bond motifs is 1. The molecule has 1 aliphatic heterocycles. The van der Waals surface area contributed by atoms with E-state index >= 15 is 0 Å². The number of carbonyl (C=O) groups excluding carboxylic acids is 3. The van der Waals surface area contributed by atoms with Crippen LogP contribution in [0.15, 0.2) is 24.3 Å². The van der Waals surface area contributed by atoms with Crippen molar-refractivity contribution in [3.8, 4) is 0 Å². The molecule has 1 heterocycles. The zero-order chi connectivity index (χ0) is 24.6. The number of amides is 3. The van der Waals surface area contributed by atoms with E-state index in [4.69, 9.17) is 0 Å². The van der Waals surface area contributed by atoms with Crippen LogP contribution in [-0.4, -0.2) is 55.8 Å². The summed E-state index contributed by atoms with van der Waals surface area (Å²) in [6.07, 6.45) is 15.3. The van der Waals surface area contributed by atoms with Crippen molar-refractivity contribution in [2.75, 3.05) is 26.7 Å². The van der Waals surface area contributed by atoms with E-state index in [9.17, 15) is 14.4 Å². The second-order valence-electron chi connectivity index (χ2n) is 9.37. The first-order valence-electron chi connectivity index (χ1n) is 13.1. The van der Waals surface area contributed by atoms with Crippen LogP contribution in [0.2, 0.25) is 0 Å². The molecule has 190 valence electrons. The lowest BCUT2D eigenvalue weighted by Gasteiger charge is -2.24. The number of benzene rings is 1. The summed E-state index contributed by atoms with van der Waals surface area (Å²) in [4.78, 5) is 35.1. The third-order valence-corrected chi connectivity index (χ3v) is 6.84.